The van der Waals surface area contributed by atoms with Crippen molar-refractivity contribution >= 4 is 5.95 Å². The van der Waals surface area contributed by atoms with Gasteiger partial charge >= 0.3 is 0 Å². The van der Waals surface area contributed by atoms with E-state index in [1.807, 2.05) is 29.8 Å². The lowest BCUT2D eigenvalue weighted by atomic mass is 10.1. The molecule has 3 rings (SSSR count). The minimum absolute atomic E-state index is 0.364. The van der Waals surface area contributed by atoms with E-state index >= 15 is 0 Å². The molecule has 1 aliphatic rings. The van der Waals surface area contributed by atoms with Gasteiger partial charge in [-0.05, 0) is 30.9 Å². The lowest BCUT2D eigenvalue weighted by molar-refractivity contribution is 0.0815. The number of benzene rings is 1. The van der Waals surface area contributed by atoms with Crippen LogP contribution in [0.15, 0.2) is 24.3 Å². The third kappa shape index (κ3) is 3.53. The number of aromatic nitrogens is 3. The van der Waals surface area contributed by atoms with Crippen molar-refractivity contribution in [1.29, 1.82) is 0 Å². The van der Waals surface area contributed by atoms with E-state index in [0.29, 0.717) is 12.7 Å². The summed E-state index contributed by atoms with van der Waals surface area (Å²) in [5.74, 6) is 2.67. The summed E-state index contributed by atoms with van der Waals surface area (Å²) in [7, 11) is 3.79. The molecule has 0 N–H and O–H groups in total. The Hall–Kier alpha value is -2.08. The average Bonchev–Trinajstić information content (AvgIpc) is 3.01. The van der Waals surface area contributed by atoms with Gasteiger partial charge in [0.2, 0.25) is 5.95 Å². The number of nitrogens with zero attached hydrogens (tertiary/aromatic N) is 4. The van der Waals surface area contributed by atoms with E-state index in [1.165, 1.54) is 5.56 Å². The van der Waals surface area contributed by atoms with Crippen LogP contribution in [0, 0.1) is 0 Å². The number of anilines is 1. The van der Waals surface area contributed by atoms with Gasteiger partial charge in [-0.25, -0.2) is 0 Å². The van der Waals surface area contributed by atoms with Crippen molar-refractivity contribution in [3.05, 3.63) is 35.7 Å². The van der Waals surface area contributed by atoms with E-state index in [9.17, 15) is 0 Å². The highest BCUT2D eigenvalue weighted by molar-refractivity contribution is 5.34. The van der Waals surface area contributed by atoms with E-state index in [0.717, 1.165) is 49.9 Å². The number of rotatable bonds is 6. The molecule has 0 unspecified atom stereocenters. The first-order valence-corrected chi connectivity index (χ1v) is 8.59. The molecule has 1 fully saturated rings. The van der Waals surface area contributed by atoms with Crippen LogP contribution in [0.5, 0.6) is 5.75 Å². The topological polar surface area (TPSA) is 52.4 Å². The van der Waals surface area contributed by atoms with Gasteiger partial charge in [0.15, 0.2) is 5.82 Å². The zero-order valence-electron chi connectivity index (χ0n) is 14.7. The lowest BCUT2D eigenvalue weighted by Gasteiger charge is -2.31. The Kier molecular flexibility index (Phi) is 5.35. The van der Waals surface area contributed by atoms with Crippen LogP contribution in [0.3, 0.4) is 0 Å². The first-order chi connectivity index (χ1) is 11.7. The average molecular weight is 330 g/mol. The number of ether oxygens (including phenoxy) is 2. The standard InChI is InChI=1S/C18H26N4O2/c1-4-14-7-5-6-8-16(14)24-13-17-19-20-18(21(17)2)22-11-9-15(23-3)10-12-22/h5-8,15H,4,9-13H2,1-3H3. The number of hydrogen-bond acceptors (Lipinski definition) is 5. The van der Waals surface area contributed by atoms with Crippen LogP contribution in [0.4, 0.5) is 5.95 Å². The molecule has 0 aliphatic carbocycles. The van der Waals surface area contributed by atoms with Gasteiger partial charge < -0.3 is 14.4 Å². The third-order valence-corrected chi connectivity index (χ3v) is 4.71. The van der Waals surface area contributed by atoms with Crippen molar-refractivity contribution in [1.82, 2.24) is 14.8 Å². The van der Waals surface area contributed by atoms with Crippen molar-refractivity contribution in [3.8, 4) is 5.75 Å². The second-order valence-corrected chi connectivity index (χ2v) is 6.15. The molecule has 0 saturated carbocycles. The molecule has 0 radical (unpaired) electrons. The summed E-state index contributed by atoms with van der Waals surface area (Å²) < 4.78 is 13.4. The summed E-state index contributed by atoms with van der Waals surface area (Å²) in [6.45, 7) is 4.45. The molecule has 1 aliphatic heterocycles. The zero-order chi connectivity index (χ0) is 16.9. The molecular formula is C18H26N4O2. The van der Waals surface area contributed by atoms with Crippen molar-refractivity contribution in [2.24, 2.45) is 7.05 Å². The summed E-state index contributed by atoms with van der Waals surface area (Å²) in [5, 5.41) is 8.68. The molecule has 2 heterocycles. The van der Waals surface area contributed by atoms with E-state index < -0.39 is 0 Å². The van der Waals surface area contributed by atoms with Crippen LogP contribution in [0.2, 0.25) is 0 Å². The summed E-state index contributed by atoms with van der Waals surface area (Å²) in [6.07, 6.45) is 3.37. The van der Waals surface area contributed by atoms with Gasteiger partial charge in [-0.15, -0.1) is 10.2 Å². The minimum atomic E-state index is 0.364. The van der Waals surface area contributed by atoms with Gasteiger partial charge in [-0.2, -0.15) is 0 Å². The van der Waals surface area contributed by atoms with Gasteiger partial charge in [-0.1, -0.05) is 25.1 Å². The molecule has 0 atom stereocenters. The molecule has 6 heteroatoms. The summed E-state index contributed by atoms with van der Waals surface area (Å²) in [4.78, 5) is 2.27. The summed E-state index contributed by atoms with van der Waals surface area (Å²) in [5.41, 5.74) is 1.21. The maximum Gasteiger partial charge on any atom is 0.227 e. The highest BCUT2D eigenvalue weighted by Crippen LogP contribution is 2.22. The Morgan fingerprint density at radius 2 is 1.92 bits per heavy atom. The number of hydrogen-bond donors (Lipinski definition) is 0. The maximum atomic E-state index is 5.97. The molecule has 2 aromatic rings. The first kappa shape index (κ1) is 16.8. The Morgan fingerprint density at radius 1 is 1.17 bits per heavy atom. The fourth-order valence-electron chi connectivity index (χ4n) is 3.12. The van der Waals surface area contributed by atoms with E-state index in [-0.39, 0.29) is 0 Å². The summed E-state index contributed by atoms with van der Waals surface area (Å²) in [6, 6.07) is 8.13. The van der Waals surface area contributed by atoms with E-state index in [2.05, 4.69) is 28.1 Å². The fraction of sp³-hybridized carbons (Fsp3) is 0.556. The molecule has 1 saturated heterocycles. The highest BCUT2D eigenvalue weighted by atomic mass is 16.5. The second kappa shape index (κ2) is 7.66. The quantitative estimate of drug-likeness (QED) is 0.815. The van der Waals surface area contributed by atoms with Crippen LogP contribution in [-0.2, 0) is 24.8 Å². The molecular weight excluding hydrogens is 304 g/mol. The highest BCUT2D eigenvalue weighted by Gasteiger charge is 2.23. The number of aryl methyl sites for hydroxylation is 1. The van der Waals surface area contributed by atoms with Crippen LogP contribution in [0.25, 0.3) is 0 Å². The normalized spacial score (nSPS) is 15.7. The van der Waals surface area contributed by atoms with Crippen LogP contribution >= 0.6 is 0 Å². The number of methoxy groups -OCH3 is 1. The smallest absolute Gasteiger partial charge is 0.227 e. The van der Waals surface area contributed by atoms with Crippen LogP contribution in [-0.4, -0.2) is 41.1 Å². The molecule has 24 heavy (non-hydrogen) atoms. The molecule has 130 valence electrons. The van der Waals surface area contributed by atoms with Crippen LogP contribution < -0.4 is 9.64 Å². The predicted octanol–water partition coefficient (Wildman–Crippen LogP) is 2.57. The fourth-order valence-corrected chi connectivity index (χ4v) is 3.12. The second-order valence-electron chi connectivity index (χ2n) is 6.15. The molecule has 1 aromatic carbocycles. The van der Waals surface area contributed by atoms with Gasteiger partial charge in [0.05, 0.1) is 6.10 Å². The van der Waals surface area contributed by atoms with Gasteiger partial charge in [0.25, 0.3) is 0 Å². The number of para-hydroxylation sites is 1. The van der Waals surface area contributed by atoms with E-state index in [4.69, 9.17) is 9.47 Å². The Bertz CT molecular complexity index is 663. The maximum absolute atomic E-state index is 5.97. The van der Waals surface area contributed by atoms with Crippen molar-refractivity contribution in [2.45, 2.75) is 38.9 Å². The molecule has 0 bridgehead atoms. The minimum Gasteiger partial charge on any atom is -0.485 e. The molecule has 6 nitrogen and oxygen atoms in total. The van der Waals surface area contributed by atoms with Gasteiger partial charge in [0, 0.05) is 27.2 Å². The Labute approximate surface area is 143 Å². The lowest BCUT2D eigenvalue weighted by Crippen LogP contribution is -2.38. The monoisotopic (exact) mass is 330 g/mol. The molecule has 1 aromatic heterocycles. The van der Waals surface area contributed by atoms with Gasteiger partial charge in [-0.3, -0.25) is 4.57 Å². The predicted molar refractivity (Wildman–Crippen MR) is 93.4 cm³/mol. The zero-order valence-corrected chi connectivity index (χ0v) is 14.7. The van der Waals surface area contributed by atoms with E-state index in [1.54, 1.807) is 7.11 Å². The van der Waals surface area contributed by atoms with Crippen molar-refractivity contribution < 1.29 is 9.47 Å². The Balaban J connectivity index is 1.65. The van der Waals surface area contributed by atoms with Crippen molar-refractivity contribution in [3.63, 3.8) is 0 Å². The molecule has 0 amide bonds. The summed E-state index contributed by atoms with van der Waals surface area (Å²) >= 11 is 0. The van der Waals surface area contributed by atoms with Crippen LogP contribution in [0.1, 0.15) is 31.2 Å². The van der Waals surface area contributed by atoms with Crippen molar-refractivity contribution in [2.75, 3.05) is 25.1 Å². The number of piperidine rings is 1. The Morgan fingerprint density at radius 3 is 2.62 bits per heavy atom. The third-order valence-electron chi connectivity index (χ3n) is 4.71. The first-order valence-electron chi connectivity index (χ1n) is 8.59. The SMILES string of the molecule is CCc1ccccc1OCc1nnc(N2CCC(OC)CC2)n1C. The molecule has 0 spiro atoms. The van der Waals surface area contributed by atoms with Gasteiger partial charge in [0.1, 0.15) is 12.4 Å². The largest absolute Gasteiger partial charge is 0.485 e.